The third kappa shape index (κ3) is 3.81. The van der Waals surface area contributed by atoms with E-state index in [1.54, 1.807) is 0 Å². The zero-order valence-electron chi connectivity index (χ0n) is 5.63. The quantitative estimate of drug-likeness (QED) is 0.607. The Morgan fingerprint density at radius 1 is 1.30 bits per heavy atom. The Morgan fingerprint density at radius 3 is 2.20 bits per heavy atom. The summed E-state index contributed by atoms with van der Waals surface area (Å²) in [6.07, 6.45) is 0. The van der Waals surface area contributed by atoms with Crippen molar-refractivity contribution in [3.05, 3.63) is 49.2 Å². The maximum Gasteiger partial charge on any atom is 0 e. The molecule has 0 aliphatic heterocycles. The van der Waals surface area contributed by atoms with Crippen LogP contribution in [0.4, 0.5) is 0 Å². The molecule has 0 aliphatic carbocycles. The van der Waals surface area contributed by atoms with Crippen LogP contribution in [0.2, 0.25) is 0 Å². The molecule has 0 amide bonds. The topological polar surface area (TPSA) is 0 Å². The summed E-state index contributed by atoms with van der Waals surface area (Å²) in [4.78, 5) is 0. The van der Waals surface area contributed by atoms with Gasteiger partial charge in [-0.1, -0.05) is 0 Å². The van der Waals surface area contributed by atoms with Gasteiger partial charge in [-0.05, 0) is 0 Å². The molecule has 0 N–H and O–H groups in total. The number of hydrogen-bond acceptors (Lipinski definition) is 0. The number of rotatable bonds is 0. The van der Waals surface area contributed by atoms with Crippen LogP contribution in [0.1, 0.15) is 11.1 Å². The van der Waals surface area contributed by atoms with E-state index in [1.165, 1.54) is 0 Å². The van der Waals surface area contributed by atoms with Crippen LogP contribution in [-0.2, 0) is 53.8 Å². The monoisotopic (exact) mass is 376 g/mol. The zero-order valence-corrected chi connectivity index (χ0v) is 11.4. The van der Waals surface area contributed by atoms with Gasteiger partial charge in [0.15, 0.2) is 0 Å². The van der Waals surface area contributed by atoms with Gasteiger partial charge in [0.2, 0.25) is 0 Å². The van der Waals surface area contributed by atoms with Crippen molar-refractivity contribution >= 4 is 0 Å². The van der Waals surface area contributed by atoms with Crippen LogP contribution in [0.15, 0.2) is 18.2 Å². The Kier molecular flexibility index (Phi) is 8.63. The van der Waals surface area contributed by atoms with E-state index in [0.717, 1.165) is 11.1 Å². The molecule has 0 fully saturated rings. The van der Waals surface area contributed by atoms with Crippen molar-refractivity contribution in [2.45, 2.75) is 0 Å². The normalized spacial score (nSPS) is 7.20. The summed E-state index contributed by atoms with van der Waals surface area (Å²) in [6, 6.07) is 8.57. The van der Waals surface area contributed by atoms with Gasteiger partial charge in [-0.25, -0.2) is 6.07 Å². The molecule has 0 bridgehead atoms. The van der Waals surface area contributed by atoms with Crippen LogP contribution in [-0.4, -0.2) is 0 Å². The summed E-state index contributed by atoms with van der Waals surface area (Å²) in [7, 11) is 0. The van der Waals surface area contributed by atoms with Crippen LogP contribution in [0, 0.1) is 19.9 Å². The molecule has 0 saturated heterocycles. The first-order chi connectivity index (χ1) is 3.80. The fraction of sp³-hybridized carbons (Fsp3) is 0. The van der Waals surface area contributed by atoms with Gasteiger partial charge in [0.25, 0.3) is 0 Å². The van der Waals surface area contributed by atoms with Crippen molar-refractivity contribution in [1.82, 2.24) is 0 Å². The van der Waals surface area contributed by atoms with E-state index < -0.39 is 0 Å². The summed E-state index contributed by atoms with van der Waals surface area (Å²) in [5.41, 5.74) is 1.83. The molecule has 51 valence electrons. The fourth-order valence-electron chi connectivity index (χ4n) is 0.506. The molecular weight excluding hydrogens is 369 g/mol. The van der Waals surface area contributed by atoms with Gasteiger partial charge >= 0.3 is 0 Å². The third-order valence-corrected chi connectivity index (χ3v) is 1.04. The first kappa shape index (κ1) is 13.3. The largest absolute Gasteiger partial charge is 0.480 e. The Hall–Kier alpha value is 0.752. The first-order valence-corrected chi connectivity index (χ1v) is 2.45. The molecule has 10 heavy (non-hydrogen) atoms. The zero-order chi connectivity index (χ0) is 5.98. The van der Waals surface area contributed by atoms with Crippen LogP contribution < -0.4 is 0 Å². The maximum atomic E-state index is 3.73. The Labute approximate surface area is 102 Å². The van der Waals surface area contributed by atoms with Gasteiger partial charge in [0.05, 0.1) is 0 Å². The smallest absolute Gasteiger partial charge is 0 e. The van der Waals surface area contributed by atoms with Gasteiger partial charge in [0, 0.05) is 53.8 Å². The van der Waals surface area contributed by atoms with Crippen LogP contribution >= 0.6 is 0 Å². The van der Waals surface area contributed by atoms with Crippen LogP contribution in [0.25, 0.3) is 0 Å². The fourth-order valence-corrected chi connectivity index (χ4v) is 0.506. The molecular formula is C8H7WY-3. The Balaban J connectivity index is 0. The predicted molar refractivity (Wildman–Crippen MR) is 34.2 cm³/mol. The molecule has 2 heteroatoms. The molecule has 1 aromatic carbocycles. The molecule has 0 heterocycles. The maximum absolute atomic E-state index is 3.73. The van der Waals surface area contributed by atoms with E-state index in [2.05, 4.69) is 19.9 Å². The molecule has 0 spiro atoms. The summed E-state index contributed by atoms with van der Waals surface area (Å²) in [5, 5.41) is 0. The molecule has 1 rings (SSSR count). The van der Waals surface area contributed by atoms with Crippen LogP contribution in [0.5, 0.6) is 0 Å². The van der Waals surface area contributed by atoms with Crippen molar-refractivity contribution in [3.63, 3.8) is 0 Å². The second-order valence-corrected chi connectivity index (χ2v) is 1.67. The molecule has 0 nitrogen and oxygen atoms in total. The summed E-state index contributed by atoms with van der Waals surface area (Å²) in [6.45, 7) is 7.43. The SMILES string of the molecule is [CH2-]c1[c-]cccc1[CH2-].[W].[Y]. The van der Waals surface area contributed by atoms with Crippen LogP contribution in [0.3, 0.4) is 0 Å². The average Bonchev–Trinajstić information content (AvgIpc) is 1.77. The summed E-state index contributed by atoms with van der Waals surface area (Å²) >= 11 is 0. The number of hydrogen-bond donors (Lipinski definition) is 0. The van der Waals surface area contributed by atoms with Gasteiger partial charge in [0.1, 0.15) is 0 Å². The van der Waals surface area contributed by atoms with E-state index in [9.17, 15) is 0 Å². The van der Waals surface area contributed by atoms with E-state index in [4.69, 9.17) is 0 Å². The minimum Gasteiger partial charge on any atom is -0.480 e. The second kappa shape index (κ2) is 6.46. The van der Waals surface area contributed by atoms with Crippen molar-refractivity contribution in [3.8, 4) is 0 Å². The van der Waals surface area contributed by atoms with E-state index in [1.807, 2.05) is 18.2 Å². The minimum atomic E-state index is 0. The molecule has 0 unspecified atom stereocenters. The van der Waals surface area contributed by atoms with Crippen molar-refractivity contribution in [2.75, 3.05) is 0 Å². The van der Waals surface area contributed by atoms with Gasteiger partial charge in [-0.3, -0.25) is 6.07 Å². The van der Waals surface area contributed by atoms with Gasteiger partial charge in [-0.2, -0.15) is 6.07 Å². The summed E-state index contributed by atoms with van der Waals surface area (Å²) < 4.78 is 0. The Bertz CT molecular complexity index is 165. The molecule has 0 atom stereocenters. The standard InChI is InChI=1S/C8H7.W.Y/c1-7-5-3-4-6-8(7)2;;/h3-5H,1-2H2;;/q-3;;. The van der Waals surface area contributed by atoms with Gasteiger partial charge in [-0.15, -0.1) is 0 Å². The van der Waals surface area contributed by atoms with E-state index in [0.29, 0.717) is 0 Å². The molecule has 0 saturated carbocycles. The molecule has 0 aromatic heterocycles. The minimum absolute atomic E-state index is 0. The van der Waals surface area contributed by atoms with Gasteiger partial charge < -0.3 is 31.0 Å². The molecule has 1 radical (unpaired) electrons. The summed E-state index contributed by atoms with van der Waals surface area (Å²) in [5.74, 6) is 0. The molecule has 0 aliphatic rings. The van der Waals surface area contributed by atoms with E-state index >= 15 is 0 Å². The predicted octanol–water partition coefficient (Wildman–Crippen LogP) is 1.85. The van der Waals surface area contributed by atoms with E-state index in [-0.39, 0.29) is 53.8 Å². The Morgan fingerprint density at radius 2 is 1.90 bits per heavy atom. The number of benzene rings is 1. The third-order valence-electron chi connectivity index (χ3n) is 1.04. The molecule has 1 aromatic rings. The first-order valence-electron chi connectivity index (χ1n) is 2.45. The van der Waals surface area contributed by atoms with Crippen molar-refractivity contribution in [2.24, 2.45) is 0 Å². The average molecular weight is 376 g/mol. The van der Waals surface area contributed by atoms with Crippen molar-refractivity contribution < 1.29 is 53.8 Å². The van der Waals surface area contributed by atoms with Crippen molar-refractivity contribution in [1.29, 1.82) is 0 Å². The second-order valence-electron chi connectivity index (χ2n) is 1.67.